The lowest BCUT2D eigenvalue weighted by atomic mass is 9.88. The molecule has 18 N–H and O–H groups in total. The fourth-order valence-corrected chi connectivity index (χ4v) is 7.60. The third-order valence-electron chi connectivity index (χ3n) is 12.6. The number of rotatable bonds is 43. The molecule has 16 atom stereocenters. The van der Waals surface area contributed by atoms with Crippen LogP contribution in [0, 0.1) is 17.8 Å². The minimum atomic E-state index is -1.37. The van der Waals surface area contributed by atoms with Crippen molar-refractivity contribution in [2.24, 2.45) is 34.2 Å². The van der Waals surface area contributed by atoms with E-state index in [4.69, 9.17) is 16.6 Å². The van der Waals surface area contributed by atoms with E-state index in [0.717, 1.165) is 12.8 Å². The molecule has 0 aliphatic rings. The Morgan fingerprint density at radius 2 is 0.873 bits per heavy atom. The lowest BCUT2D eigenvalue weighted by Crippen LogP contribution is -2.39. The highest BCUT2D eigenvalue weighted by molar-refractivity contribution is 5.86. The van der Waals surface area contributed by atoms with Gasteiger partial charge in [-0.3, -0.25) is 4.99 Å². The first kappa shape index (κ1) is 73.8. The van der Waals surface area contributed by atoms with E-state index in [0.29, 0.717) is 19.4 Å². The number of aliphatic hydroxyl groups excluding tert-OH is 13. The third-order valence-corrected chi connectivity index (χ3v) is 12.6. The summed E-state index contributed by atoms with van der Waals surface area (Å²) in [7, 11) is 0. The van der Waals surface area contributed by atoms with E-state index >= 15 is 0 Å². The first-order valence-electron chi connectivity index (χ1n) is 27.3. The number of nitrogens with zero attached hydrogens (tertiary/aromatic N) is 1. The van der Waals surface area contributed by atoms with Gasteiger partial charge in [0.25, 0.3) is 0 Å². The van der Waals surface area contributed by atoms with Crippen molar-refractivity contribution >= 4 is 11.9 Å². The minimum absolute atomic E-state index is 0.00216. The summed E-state index contributed by atoms with van der Waals surface area (Å²) < 4.78 is 0. The van der Waals surface area contributed by atoms with E-state index in [1.807, 2.05) is 31.2 Å². The maximum Gasteiger partial charge on any atom is 0.331 e. The van der Waals surface area contributed by atoms with Crippen molar-refractivity contribution in [3.05, 3.63) is 157 Å². The van der Waals surface area contributed by atoms with E-state index < -0.39 is 97.2 Å². The van der Waals surface area contributed by atoms with Gasteiger partial charge in [-0.1, -0.05) is 173 Å². The van der Waals surface area contributed by atoms with Crippen molar-refractivity contribution < 1.29 is 76.3 Å². The van der Waals surface area contributed by atoms with Gasteiger partial charge < -0.3 is 83.0 Å². The van der Waals surface area contributed by atoms with Gasteiger partial charge in [0.15, 0.2) is 5.96 Å². The van der Waals surface area contributed by atoms with Crippen molar-refractivity contribution in [3.63, 3.8) is 0 Å². The summed E-state index contributed by atoms with van der Waals surface area (Å²) in [5.74, 6) is -2.31. The van der Waals surface area contributed by atoms with Crippen LogP contribution in [0.15, 0.2) is 162 Å². The van der Waals surface area contributed by atoms with Crippen LogP contribution < -0.4 is 11.5 Å². The van der Waals surface area contributed by atoms with E-state index in [1.165, 1.54) is 49.5 Å². The second-order valence-electron chi connectivity index (χ2n) is 20.0. The molecule has 0 aromatic heterocycles. The van der Waals surface area contributed by atoms with E-state index in [1.54, 1.807) is 98.9 Å². The highest BCUT2D eigenvalue weighted by atomic mass is 16.4. The first-order chi connectivity index (χ1) is 37.4. The summed E-state index contributed by atoms with van der Waals surface area (Å²) >= 11 is 0. The average molecular weight is 1110 g/mol. The summed E-state index contributed by atoms with van der Waals surface area (Å²) in [6.45, 7) is 7.16. The highest BCUT2D eigenvalue weighted by Gasteiger charge is 2.28. The Labute approximate surface area is 469 Å². The van der Waals surface area contributed by atoms with Crippen molar-refractivity contribution in [3.8, 4) is 0 Å². The summed E-state index contributed by atoms with van der Waals surface area (Å²) in [6, 6.07) is 0. The van der Waals surface area contributed by atoms with Crippen LogP contribution >= 0.6 is 0 Å². The number of hydrogen-bond donors (Lipinski definition) is 16. The molecule has 0 aromatic carbocycles. The molecule has 0 bridgehead atoms. The van der Waals surface area contributed by atoms with Gasteiger partial charge in [-0.15, -0.1) is 0 Å². The number of carbonyl (C=O) groups is 1. The van der Waals surface area contributed by atoms with Crippen molar-refractivity contribution in [2.45, 2.75) is 184 Å². The standard InChI is InChI=1S/C61H97N3O15/c1-43(26-18-14-10-9-11-15-19-27-44(2)60(78)79)58(76)45(3)55(73)35-20-16-12-7-5-6-8-13-17-21-36-56(74)46(4)59(77)57(75)42-53(71)33-24-32-51(69)41-54(72)40-50(68)31-23-30-48(66)38-47(65)28-22-29-49(67)39-52(70)34-25-37-64-61(62)63/h5-9,11-13,15-24,26-28,31,33,35-36,43,45-59,65-77H,10,14,25,29-30,32,34,37-42H2,1-4H3,(H,78,79)(H4,62,63,64)/b7-5+,8-6+,11-9+,16-12+,17-13+,19-15+,26-18+,28-22+,31-23+,33-24+,35-20+,36-21-,44-27+. The minimum Gasteiger partial charge on any atom is -0.478 e. The summed E-state index contributed by atoms with van der Waals surface area (Å²) in [4.78, 5) is 14.6. The van der Waals surface area contributed by atoms with Gasteiger partial charge in [0, 0.05) is 49.1 Å². The molecule has 18 heteroatoms. The molecule has 18 nitrogen and oxygen atoms in total. The monoisotopic (exact) mass is 1110 g/mol. The summed E-state index contributed by atoms with van der Waals surface area (Å²) in [5, 5.41) is 144. The quantitative estimate of drug-likeness (QED) is 0.0101. The number of carboxylic acids is 1. The molecule has 0 radical (unpaired) electrons. The van der Waals surface area contributed by atoms with Crippen LogP contribution in [0.2, 0.25) is 0 Å². The normalized spacial score (nSPS) is 19.7. The Hall–Kier alpha value is -5.16. The van der Waals surface area contributed by atoms with Gasteiger partial charge in [0.1, 0.15) is 0 Å². The number of hydrogen-bond acceptors (Lipinski definition) is 15. The molecule has 79 heavy (non-hydrogen) atoms. The van der Waals surface area contributed by atoms with Crippen LogP contribution in [-0.2, 0) is 4.79 Å². The van der Waals surface area contributed by atoms with Crippen LogP contribution in [0.25, 0.3) is 0 Å². The predicted molar refractivity (Wildman–Crippen MR) is 313 cm³/mol. The third kappa shape index (κ3) is 40.6. The maximum atomic E-state index is 10.8. The zero-order valence-electron chi connectivity index (χ0n) is 46.6. The molecular formula is C61H97N3O15. The number of nitrogens with two attached hydrogens (primary N) is 2. The molecule has 0 aliphatic heterocycles. The molecule has 0 saturated carbocycles. The van der Waals surface area contributed by atoms with Gasteiger partial charge in [-0.2, -0.15) is 0 Å². The van der Waals surface area contributed by atoms with Crippen LogP contribution in [-0.4, -0.2) is 169 Å². The zero-order valence-corrected chi connectivity index (χ0v) is 46.6. The fraction of sp³-hybridized carbons (Fsp3) is 0.541. The Kier molecular flexibility index (Phi) is 42.6. The predicted octanol–water partition coefficient (Wildman–Crippen LogP) is 4.25. The fourth-order valence-electron chi connectivity index (χ4n) is 7.60. The van der Waals surface area contributed by atoms with Gasteiger partial charge in [0.05, 0.1) is 79.4 Å². The molecule has 0 fully saturated rings. The summed E-state index contributed by atoms with van der Waals surface area (Å²) in [6.07, 6.45) is 31.4. The number of allylic oxidation sites excluding steroid dienone is 16. The van der Waals surface area contributed by atoms with E-state index in [9.17, 15) is 71.2 Å². The molecule has 16 unspecified atom stereocenters. The molecule has 0 heterocycles. The average Bonchev–Trinajstić information content (AvgIpc) is 3.38. The van der Waals surface area contributed by atoms with E-state index in [2.05, 4.69) is 4.99 Å². The van der Waals surface area contributed by atoms with Gasteiger partial charge in [0.2, 0.25) is 0 Å². The molecule has 0 saturated heterocycles. The van der Waals surface area contributed by atoms with Crippen molar-refractivity contribution in [1.82, 2.24) is 0 Å². The Morgan fingerprint density at radius 3 is 1.37 bits per heavy atom. The lowest BCUT2D eigenvalue weighted by Gasteiger charge is -2.27. The van der Waals surface area contributed by atoms with E-state index in [-0.39, 0.29) is 68.8 Å². The number of aliphatic hydroxyl groups is 13. The topological polar surface area (TPSA) is 365 Å². The SMILES string of the molecule is C\C(=C/C=C/C=C/CC/C=C/C(C)C(O)C(C)C(O)/C=C/C=C/C=C/C=C/C=C/C=C\C(O)C(C)C(O)C(O)CC(O)/C=C/CC(O)CC(O)CC(O)/C=C/CC(O)CC(O)/C=C/CC(O)CC(O)CCCN=C(N)N)C(=O)O. The Bertz CT molecular complexity index is 2050. The number of unbranched alkanes of at least 4 members (excludes halogenated alkanes) is 1. The van der Waals surface area contributed by atoms with Crippen molar-refractivity contribution in [2.75, 3.05) is 6.54 Å². The molecule has 446 valence electrons. The summed E-state index contributed by atoms with van der Waals surface area (Å²) in [5.41, 5.74) is 10.8. The molecular weight excluding hydrogens is 1010 g/mol. The van der Waals surface area contributed by atoms with Gasteiger partial charge >= 0.3 is 5.97 Å². The number of guanidine groups is 1. The van der Waals surface area contributed by atoms with Crippen LogP contribution in [0.1, 0.15) is 105 Å². The van der Waals surface area contributed by atoms with Gasteiger partial charge in [-0.25, -0.2) is 4.79 Å². The number of aliphatic imine (C=N–C) groups is 1. The molecule has 0 rings (SSSR count). The highest BCUT2D eigenvalue weighted by Crippen LogP contribution is 2.20. The lowest BCUT2D eigenvalue weighted by molar-refractivity contribution is -0.132. The Morgan fingerprint density at radius 1 is 0.456 bits per heavy atom. The van der Waals surface area contributed by atoms with Crippen molar-refractivity contribution in [1.29, 1.82) is 0 Å². The second kappa shape index (κ2) is 45.6. The molecule has 0 aromatic rings. The van der Waals surface area contributed by atoms with Crippen LogP contribution in [0.4, 0.5) is 0 Å². The largest absolute Gasteiger partial charge is 0.478 e. The second-order valence-corrected chi connectivity index (χ2v) is 20.0. The molecule has 0 amide bonds. The molecule has 0 aliphatic carbocycles. The maximum absolute atomic E-state index is 10.8. The van der Waals surface area contributed by atoms with Crippen LogP contribution in [0.3, 0.4) is 0 Å². The Balaban J connectivity index is 4.56. The number of aliphatic carboxylic acids is 1. The molecule has 0 spiro atoms. The zero-order chi connectivity index (χ0) is 59.5. The number of carboxylic acid groups (broad SMARTS) is 1. The van der Waals surface area contributed by atoms with Crippen LogP contribution in [0.5, 0.6) is 0 Å². The smallest absolute Gasteiger partial charge is 0.331 e. The van der Waals surface area contributed by atoms with Gasteiger partial charge in [-0.05, 0) is 64.7 Å². The first-order valence-corrected chi connectivity index (χ1v) is 27.3.